The first-order valence-corrected chi connectivity index (χ1v) is 8.56. The molecule has 0 aliphatic carbocycles. The quantitative estimate of drug-likeness (QED) is 0.875. The lowest BCUT2D eigenvalue weighted by Crippen LogP contribution is -2.49. The lowest BCUT2D eigenvalue weighted by atomic mass is 9.83. The molecule has 1 fully saturated rings. The summed E-state index contributed by atoms with van der Waals surface area (Å²) in [6.45, 7) is 4.08. The van der Waals surface area contributed by atoms with Crippen LogP contribution in [0.5, 0.6) is 0 Å². The van der Waals surface area contributed by atoms with Crippen LogP contribution in [0.3, 0.4) is 0 Å². The predicted molar refractivity (Wildman–Crippen MR) is 87.2 cm³/mol. The molecule has 3 atom stereocenters. The zero-order valence-electron chi connectivity index (χ0n) is 13.1. The van der Waals surface area contributed by atoms with Crippen molar-refractivity contribution in [2.45, 2.75) is 44.2 Å². The summed E-state index contributed by atoms with van der Waals surface area (Å²) in [4.78, 5) is 25.0. The van der Waals surface area contributed by atoms with Crippen molar-refractivity contribution in [3.63, 3.8) is 0 Å². The van der Waals surface area contributed by atoms with Crippen LogP contribution in [-0.2, 0) is 4.79 Å². The molecule has 2 N–H and O–H groups in total. The SMILES string of the molecule is CC(C)CC1(C(=O)O)C[C@H](c2cnccn2)[C@H](c2nccs2)N1. The monoisotopic (exact) mass is 332 g/mol. The smallest absolute Gasteiger partial charge is 0.323 e. The van der Waals surface area contributed by atoms with E-state index >= 15 is 0 Å². The second-order valence-corrected chi connectivity index (χ2v) is 7.34. The summed E-state index contributed by atoms with van der Waals surface area (Å²) in [6.07, 6.45) is 7.81. The van der Waals surface area contributed by atoms with E-state index in [9.17, 15) is 9.90 Å². The van der Waals surface area contributed by atoms with E-state index in [1.54, 1.807) is 24.8 Å². The van der Waals surface area contributed by atoms with E-state index in [2.05, 4.69) is 20.3 Å². The number of rotatable bonds is 5. The lowest BCUT2D eigenvalue weighted by molar-refractivity contribution is -0.145. The average Bonchev–Trinajstić information content (AvgIpc) is 3.15. The molecule has 122 valence electrons. The van der Waals surface area contributed by atoms with Crippen molar-refractivity contribution in [3.05, 3.63) is 40.9 Å². The van der Waals surface area contributed by atoms with Crippen molar-refractivity contribution >= 4 is 17.3 Å². The van der Waals surface area contributed by atoms with E-state index < -0.39 is 11.5 Å². The van der Waals surface area contributed by atoms with Gasteiger partial charge in [0.25, 0.3) is 0 Å². The van der Waals surface area contributed by atoms with Gasteiger partial charge in [0, 0.05) is 36.1 Å². The van der Waals surface area contributed by atoms with Gasteiger partial charge in [0.15, 0.2) is 0 Å². The summed E-state index contributed by atoms with van der Waals surface area (Å²) in [5.41, 5.74) is -0.140. The highest BCUT2D eigenvalue weighted by Gasteiger charge is 2.52. The lowest BCUT2D eigenvalue weighted by Gasteiger charge is -2.27. The summed E-state index contributed by atoms with van der Waals surface area (Å²) in [5.74, 6) is -0.583. The fraction of sp³-hybridized carbons (Fsp3) is 0.500. The topological polar surface area (TPSA) is 88.0 Å². The van der Waals surface area contributed by atoms with Crippen molar-refractivity contribution in [3.8, 4) is 0 Å². The third kappa shape index (κ3) is 3.11. The second kappa shape index (κ2) is 6.33. The van der Waals surface area contributed by atoms with Gasteiger partial charge in [-0.2, -0.15) is 0 Å². The largest absolute Gasteiger partial charge is 0.480 e. The molecule has 2 aromatic rings. The van der Waals surface area contributed by atoms with Gasteiger partial charge in [-0.25, -0.2) is 4.98 Å². The Balaban J connectivity index is 2.00. The molecule has 0 radical (unpaired) electrons. The minimum absolute atomic E-state index is 0.0512. The Morgan fingerprint density at radius 3 is 2.83 bits per heavy atom. The molecule has 0 aromatic carbocycles. The van der Waals surface area contributed by atoms with Crippen LogP contribution in [0.2, 0.25) is 0 Å². The molecule has 1 saturated heterocycles. The van der Waals surface area contributed by atoms with Crippen LogP contribution in [0.4, 0.5) is 0 Å². The van der Waals surface area contributed by atoms with Crippen LogP contribution in [0.25, 0.3) is 0 Å². The number of thiazole rings is 1. The van der Waals surface area contributed by atoms with Crippen molar-refractivity contribution < 1.29 is 9.90 Å². The van der Waals surface area contributed by atoms with Crippen LogP contribution in [0.15, 0.2) is 30.2 Å². The maximum absolute atomic E-state index is 12.0. The van der Waals surface area contributed by atoms with Crippen molar-refractivity contribution in [2.75, 3.05) is 0 Å². The van der Waals surface area contributed by atoms with E-state index in [0.717, 1.165) is 10.7 Å². The van der Waals surface area contributed by atoms with Crippen molar-refractivity contribution in [2.24, 2.45) is 5.92 Å². The minimum atomic E-state index is -0.952. The minimum Gasteiger partial charge on any atom is -0.480 e. The maximum atomic E-state index is 12.0. The molecule has 0 spiro atoms. The van der Waals surface area contributed by atoms with Gasteiger partial charge in [-0.1, -0.05) is 13.8 Å². The molecule has 7 heteroatoms. The normalized spacial score (nSPS) is 27.4. The summed E-state index contributed by atoms with van der Waals surface area (Å²) < 4.78 is 0. The van der Waals surface area contributed by atoms with Gasteiger partial charge in [0.2, 0.25) is 0 Å². The number of carbonyl (C=O) groups is 1. The fourth-order valence-electron chi connectivity index (χ4n) is 3.43. The number of nitrogens with one attached hydrogen (secondary N) is 1. The van der Waals surface area contributed by atoms with Gasteiger partial charge < -0.3 is 5.11 Å². The molecule has 1 unspecified atom stereocenters. The number of hydrogen-bond acceptors (Lipinski definition) is 6. The molecule has 0 bridgehead atoms. The second-order valence-electron chi connectivity index (χ2n) is 6.42. The number of hydrogen-bond donors (Lipinski definition) is 2. The highest BCUT2D eigenvalue weighted by molar-refractivity contribution is 7.09. The van der Waals surface area contributed by atoms with E-state index in [1.165, 1.54) is 11.3 Å². The third-order valence-electron chi connectivity index (χ3n) is 4.25. The number of carboxylic acids is 1. The zero-order valence-corrected chi connectivity index (χ0v) is 14.0. The van der Waals surface area contributed by atoms with Crippen LogP contribution >= 0.6 is 11.3 Å². The highest BCUT2D eigenvalue weighted by atomic mass is 32.1. The molecule has 6 nitrogen and oxygen atoms in total. The predicted octanol–water partition coefficient (Wildman–Crippen LogP) is 2.62. The Hall–Kier alpha value is -1.86. The van der Waals surface area contributed by atoms with Crippen LogP contribution < -0.4 is 5.32 Å². The summed E-state index contributed by atoms with van der Waals surface area (Å²) in [6, 6.07) is -0.151. The molecule has 0 saturated carbocycles. The fourth-order valence-corrected chi connectivity index (χ4v) is 4.18. The standard InChI is InChI=1S/C16H20N4O2S/c1-10(2)7-16(15(21)22)8-11(12-9-17-3-4-18-12)13(20-16)14-19-5-6-23-14/h3-6,9-11,13,20H,7-8H2,1-2H3,(H,21,22)/t11-,13-,16?/m1/s1. The van der Waals surface area contributed by atoms with Crippen molar-refractivity contribution in [1.29, 1.82) is 0 Å². The molecule has 3 rings (SSSR count). The van der Waals surface area contributed by atoms with Crippen LogP contribution in [-0.4, -0.2) is 31.6 Å². The first kappa shape index (κ1) is 16.0. The average molecular weight is 332 g/mol. The first-order chi connectivity index (χ1) is 11.0. The van der Waals surface area contributed by atoms with Crippen LogP contribution in [0.1, 0.15) is 49.4 Å². The van der Waals surface area contributed by atoms with E-state index in [4.69, 9.17) is 0 Å². The molecule has 2 aromatic heterocycles. The zero-order chi connectivity index (χ0) is 16.4. The Morgan fingerprint density at radius 2 is 2.26 bits per heavy atom. The molecule has 23 heavy (non-hydrogen) atoms. The summed E-state index contributed by atoms with van der Waals surface area (Å²) in [7, 11) is 0. The number of nitrogens with zero attached hydrogens (tertiary/aromatic N) is 3. The molecule has 3 heterocycles. The summed E-state index contributed by atoms with van der Waals surface area (Å²) >= 11 is 1.54. The van der Waals surface area contributed by atoms with Gasteiger partial charge in [-0.05, 0) is 18.8 Å². The van der Waals surface area contributed by atoms with Gasteiger partial charge in [0.05, 0.1) is 11.7 Å². The van der Waals surface area contributed by atoms with E-state index in [-0.39, 0.29) is 17.9 Å². The molecule has 1 aliphatic rings. The Bertz CT molecular complexity index is 662. The Labute approximate surface area is 139 Å². The number of aliphatic carboxylic acids is 1. The molecular weight excluding hydrogens is 312 g/mol. The highest BCUT2D eigenvalue weighted by Crippen LogP contribution is 2.46. The van der Waals surface area contributed by atoms with Crippen molar-refractivity contribution in [1.82, 2.24) is 20.3 Å². The third-order valence-corrected chi connectivity index (χ3v) is 5.11. The van der Waals surface area contributed by atoms with E-state index in [0.29, 0.717) is 12.8 Å². The van der Waals surface area contributed by atoms with Gasteiger partial charge >= 0.3 is 5.97 Å². The Morgan fingerprint density at radius 1 is 1.43 bits per heavy atom. The van der Waals surface area contributed by atoms with Gasteiger partial charge in [-0.15, -0.1) is 11.3 Å². The van der Waals surface area contributed by atoms with E-state index in [1.807, 2.05) is 19.2 Å². The Kier molecular flexibility index (Phi) is 4.41. The maximum Gasteiger partial charge on any atom is 0.323 e. The van der Waals surface area contributed by atoms with Gasteiger partial charge in [-0.3, -0.25) is 20.1 Å². The number of carboxylic acid groups (broad SMARTS) is 1. The first-order valence-electron chi connectivity index (χ1n) is 7.68. The van der Waals surface area contributed by atoms with Gasteiger partial charge in [0.1, 0.15) is 10.5 Å². The van der Waals surface area contributed by atoms with Crippen LogP contribution in [0, 0.1) is 5.92 Å². The molecular formula is C16H20N4O2S. The molecule has 0 amide bonds. The number of aromatic nitrogens is 3. The molecule has 1 aliphatic heterocycles. The summed E-state index contributed by atoms with van der Waals surface area (Å²) in [5, 5.41) is 16.1.